The molecule has 112 valence electrons. The molecule has 1 saturated heterocycles. The van der Waals surface area contributed by atoms with E-state index in [-0.39, 0.29) is 11.6 Å². The highest BCUT2D eigenvalue weighted by Gasteiger charge is 2.35. The standard InChI is InChI=1S/C17H23N3O/c1-17(2,20-8-10-21-11-9-20)16(18)15-5-3-4-13-12-19-7-6-14(13)15/h3-7,12,16H,8-11,18H2,1-2H3. The molecule has 1 aliphatic rings. The fourth-order valence-corrected chi connectivity index (χ4v) is 3.14. The number of pyridine rings is 1. The van der Waals surface area contributed by atoms with E-state index in [2.05, 4.69) is 48.0 Å². The number of benzene rings is 1. The SMILES string of the molecule is CC(C)(C(N)c1cccc2cnccc12)N1CCOCC1. The highest BCUT2D eigenvalue weighted by atomic mass is 16.5. The lowest BCUT2D eigenvalue weighted by atomic mass is 9.85. The van der Waals surface area contributed by atoms with Crippen molar-refractivity contribution in [1.82, 2.24) is 9.88 Å². The van der Waals surface area contributed by atoms with Gasteiger partial charge in [0.25, 0.3) is 0 Å². The van der Waals surface area contributed by atoms with E-state index in [0.29, 0.717) is 0 Å². The molecule has 4 heteroatoms. The molecule has 2 heterocycles. The Balaban J connectivity index is 1.97. The minimum Gasteiger partial charge on any atom is -0.379 e. The molecule has 2 aromatic rings. The highest BCUT2D eigenvalue weighted by molar-refractivity contribution is 5.85. The van der Waals surface area contributed by atoms with Crippen LogP contribution >= 0.6 is 0 Å². The molecule has 0 amide bonds. The molecule has 0 spiro atoms. The first-order valence-electron chi connectivity index (χ1n) is 7.52. The smallest absolute Gasteiger partial charge is 0.0594 e. The molecule has 1 aromatic heterocycles. The van der Waals surface area contributed by atoms with Crippen LogP contribution in [0.15, 0.2) is 36.7 Å². The molecule has 1 fully saturated rings. The number of aromatic nitrogens is 1. The van der Waals surface area contributed by atoms with Crippen LogP contribution in [0.3, 0.4) is 0 Å². The van der Waals surface area contributed by atoms with Crippen molar-refractivity contribution >= 4 is 10.8 Å². The maximum Gasteiger partial charge on any atom is 0.0594 e. The van der Waals surface area contributed by atoms with Gasteiger partial charge < -0.3 is 10.5 Å². The summed E-state index contributed by atoms with van der Waals surface area (Å²) >= 11 is 0. The summed E-state index contributed by atoms with van der Waals surface area (Å²) in [5.74, 6) is 0. The molecular formula is C17H23N3O. The molecule has 0 saturated carbocycles. The summed E-state index contributed by atoms with van der Waals surface area (Å²) < 4.78 is 5.46. The molecule has 3 rings (SSSR count). The molecular weight excluding hydrogens is 262 g/mol. The van der Waals surface area contributed by atoms with Gasteiger partial charge >= 0.3 is 0 Å². The summed E-state index contributed by atoms with van der Waals surface area (Å²) in [5, 5.41) is 2.34. The van der Waals surface area contributed by atoms with Crippen LogP contribution in [0.2, 0.25) is 0 Å². The Labute approximate surface area is 125 Å². The summed E-state index contributed by atoms with van der Waals surface area (Å²) in [6.07, 6.45) is 3.73. The van der Waals surface area contributed by atoms with Gasteiger partial charge in [0.1, 0.15) is 0 Å². The van der Waals surface area contributed by atoms with E-state index in [0.717, 1.165) is 31.7 Å². The van der Waals surface area contributed by atoms with Crippen LogP contribution in [0.4, 0.5) is 0 Å². The second-order valence-corrected chi connectivity index (χ2v) is 6.17. The summed E-state index contributed by atoms with van der Waals surface area (Å²) in [4.78, 5) is 6.63. The van der Waals surface area contributed by atoms with Gasteiger partial charge in [0.2, 0.25) is 0 Å². The van der Waals surface area contributed by atoms with Gasteiger partial charge in [0.15, 0.2) is 0 Å². The molecule has 1 atom stereocenters. The van der Waals surface area contributed by atoms with Crippen molar-refractivity contribution < 1.29 is 4.74 Å². The zero-order valence-electron chi connectivity index (χ0n) is 12.7. The van der Waals surface area contributed by atoms with Crippen LogP contribution in [0.25, 0.3) is 10.8 Å². The number of hydrogen-bond donors (Lipinski definition) is 1. The average molecular weight is 285 g/mol. The first-order chi connectivity index (χ1) is 10.1. The van der Waals surface area contributed by atoms with Gasteiger partial charge in [0, 0.05) is 42.5 Å². The molecule has 1 aliphatic heterocycles. The number of nitrogens with zero attached hydrogens (tertiary/aromatic N) is 2. The highest BCUT2D eigenvalue weighted by Crippen LogP contribution is 2.33. The molecule has 0 aliphatic carbocycles. The Morgan fingerprint density at radius 1 is 1.24 bits per heavy atom. The van der Waals surface area contributed by atoms with Gasteiger partial charge in [-0.25, -0.2) is 0 Å². The fraction of sp³-hybridized carbons (Fsp3) is 0.471. The zero-order valence-corrected chi connectivity index (χ0v) is 12.7. The van der Waals surface area contributed by atoms with Crippen LogP contribution in [0.5, 0.6) is 0 Å². The lowest BCUT2D eigenvalue weighted by molar-refractivity contribution is -0.0189. The van der Waals surface area contributed by atoms with Gasteiger partial charge in [-0.1, -0.05) is 18.2 Å². The summed E-state index contributed by atoms with van der Waals surface area (Å²) in [6.45, 7) is 7.90. The van der Waals surface area contributed by atoms with Crippen molar-refractivity contribution in [2.24, 2.45) is 5.73 Å². The third kappa shape index (κ3) is 2.67. The van der Waals surface area contributed by atoms with E-state index < -0.39 is 0 Å². The number of nitrogens with two attached hydrogens (primary N) is 1. The van der Waals surface area contributed by atoms with Crippen molar-refractivity contribution in [3.05, 3.63) is 42.2 Å². The monoisotopic (exact) mass is 285 g/mol. The largest absolute Gasteiger partial charge is 0.379 e. The van der Waals surface area contributed by atoms with Crippen LogP contribution < -0.4 is 5.73 Å². The molecule has 4 nitrogen and oxygen atoms in total. The molecule has 0 radical (unpaired) electrons. The van der Waals surface area contributed by atoms with Crippen LogP contribution in [0, 0.1) is 0 Å². The van der Waals surface area contributed by atoms with E-state index in [9.17, 15) is 0 Å². The third-order valence-electron chi connectivity index (χ3n) is 4.64. The molecule has 21 heavy (non-hydrogen) atoms. The number of fused-ring (bicyclic) bond motifs is 1. The predicted molar refractivity (Wildman–Crippen MR) is 85.1 cm³/mol. The lowest BCUT2D eigenvalue weighted by Gasteiger charge is -2.44. The van der Waals surface area contributed by atoms with Crippen LogP contribution in [0.1, 0.15) is 25.5 Å². The van der Waals surface area contributed by atoms with E-state index in [4.69, 9.17) is 10.5 Å². The first-order valence-corrected chi connectivity index (χ1v) is 7.52. The van der Waals surface area contributed by atoms with Crippen molar-refractivity contribution in [2.75, 3.05) is 26.3 Å². The Morgan fingerprint density at radius 3 is 2.76 bits per heavy atom. The van der Waals surface area contributed by atoms with Gasteiger partial charge in [0.05, 0.1) is 13.2 Å². The molecule has 1 unspecified atom stereocenters. The molecule has 1 aromatic carbocycles. The molecule has 2 N–H and O–H groups in total. The molecule has 0 bridgehead atoms. The van der Waals surface area contributed by atoms with Crippen molar-refractivity contribution in [1.29, 1.82) is 0 Å². The van der Waals surface area contributed by atoms with Crippen LogP contribution in [-0.2, 0) is 4.74 Å². The average Bonchev–Trinajstić information content (AvgIpc) is 2.54. The number of morpholine rings is 1. The predicted octanol–water partition coefficient (Wildman–Crippen LogP) is 2.35. The number of ether oxygens (including phenoxy) is 1. The van der Waals surface area contributed by atoms with Crippen LogP contribution in [-0.4, -0.2) is 41.7 Å². The maximum atomic E-state index is 6.67. The quantitative estimate of drug-likeness (QED) is 0.940. The number of hydrogen-bond acceptors (Lipinski definition) is 4. The number of rotatable bonds is 3. The van der Waals surface area contributed by atoms with E-state index in [1.54, 1.807) is 0 Å². The zero-order chi connectivity index (χ0) is 14.9. The summed E-state index contributed by atoms with van der Waals surface area (Å²) in [5.41, 5.74) is 7.74. The first kappa shape index (κ1) is 14.4. The second-order valence-electron chi connectivity index (χ2n) is 6.17. The fourth-order valence-electron chi connectivity index (χ4n) is 3.14. The normalized spacial score (nSPS) is 18.8. The van der Waals surface area contributed by atoms with E-state index in [1.807, 2.05) is 12.4 Å². The van der Waals surface area contributed by atoms with Gasteiger partial charge in [-0.05, 0) is 30.9 Å². The second kappa shape index (κ2) is 5.72. The summed E-state index contributed by atoms with van der Waals surface area (Å²) in [6, 6.07) is 8.28. The van der Waals surface area contributed by atoms with Gasteiger partial charge in [-0.3, -0.25) is 9.88 Å². The van der Waals surface area contributed by atoms with Gasteiger partial charge in [-0.15, -0.1) is 0 Å². The topological polar surface area (TPSA) is 51.4 Å². The Kier molecular flexibility index (Phi) is 3.93. The summed E-state index contributed by atoms with van der Waals surface area (Å²) in [7, 11) is 0. The lowest BCUT2D eigenvalue weighted by Crippen LogP contribution is -2.55. The minimum absolute atomic E-state index is 0.0540. The Hall–Kier alpha value is -1.49. The van der Waals surface area contributed by atoms with Crippen molar-refractivity contribution in [3.63, 3.8) is 0 Å². The van der Waals surface area contributed by atoms with E-state index >= 15 is 0 Å². The van der Waals surface area contributed by atoms with Crippen molar-refractivity contribution in [3.8, 4) is 0 Å². The maximum absolute atomic E-state index is 6.67. The van der Waals surface area contributed by atoms with Gasteiger partial charge in [-0.2, -0.15) is 0 Å². The minimum atomic E-state index is -0.110. The third-order valence-corrected chi connectivity index (χ3v) is 4.64. The van der Waals surface area contributed by atoms with E-state index in [1.165, 1.54) is 10.9 Å². The Morgan fingerprint density at radius 2 is 2.00 bits per heavy atom. The Bertz CT molecular complexity index is 615. The van der Waals surface area contributed by atoms with Crippen molar-refractivity contribution in [2.45, 2.75) is 25.4 Å².